The second-order valence-electron chi connectivity index (χ2n) is 4.02. The summed E-state index contributed by atoms with van der Waals surface area (Å²) >= 11 is 9.30. The molecule has 1 aromatic carbocycles. The Hall–Kier alpha value is -0.580. The van der Waals surface area contributed by atoms with Crippen molar-refractivity contribution in [3.8, 4) is 0 Å². The molecular formula is C12H15BrClNO2. The van der Waals surface area contributed by atoms with E-state index in [0.29, 0.717) is 15.1 Å². The molecule has 2 unspecified atom stereocenters. The van der Waals surface area contributed by atoms with Crippen LogP contribution in [0.15, 0.2) is 22.7 Å². The third-order valence-corrected chi connectivity index (χ3v) is 3.99. The Balaban J connectivity index is 2.80. The summed E-state index contributed by atoms with van der Waals surface area (Å²) in [5.74, 6) is -0.228. The highest BCUT2D eigenvalue weighted by molar-refractivity contribution is 9.10. The van der Waals surface area contributed by atoms with Gasteiger partial charge in [0.05, 0.1) is 10.6 Å². The molecule has 0 aromatic heterocycles. The molecule has 0 bridgehead atoms. The van der Waals surface area contributed by atoms with Crippen molar-refractivity contribution in [1.82, 2.24) is 5.32 Å². The van der Waals surface area contributed by atoms with Crippen molar-refractivity contribution in [3.05, 3.63) is 33.3 Å². The fourth-order valence-electron chi connectivity index (χ4n) is 1.26. The molecule has 0 radical (unpaired) electrons. The first-order chi connectivity index (χ1) is 7.97. The molecule has 2 N–H and O–H groups in total. The van der Waals surface area contributed by atoms with Gasteiger partial charge < -0.3 is 10.4 Å². The average molecular weight is 321 g/mol. The normalized spacial score (nSPS) is 14.2. The van der Waals surface area contributed by atoms with Crippen LogP contribution in [0.25, 0.3) is 0 Å². The second-order valence-corrected chi connectivity index (χ2v) is 5.26. The fourth-order valence-corrected chi connectivity index (χ4v) is 1.84. The van der Waals surface area contributed by atoms with Crippen molar-refractivity contribution >= 4 is 33.4 Å². The van der Waals surface area contributed by atoms with E-state index in [-0.39, 0.29) is 24.5 Å². The van der Waals surface area contributed by atoms with E-state index in [9.17, 15) is 4.79 Å². The van der Waals surface area contributed by atoms with E-state index in [2.05, 4.69) is 21.2 Å². The molecule has 0 saturated heterocycles. The van der Waals surface area contributed by atoms with Crippen LogP contribution in [0.3, 0.4) is 0 Å². The molecule has 0 aliphatic rings. The van der Waals surface area contributed by atoms with Gasteiger partial charge in [-0.15, -0.1) is 0 Å². The Morgan fingerprint density at radius 2 is 2.18 bits per heavy atom. The molecular weight excluding hydrogens is 305 g/mol. The van der Waals surface area contributed by atoms with Crippen LogP contribution in [0.1, 0.15) is 24.2 Å². The number of hydrogen-bond donors (Lipinski definition) is 2. The molecule has 94 valence electrons. The Kier molecular flexibility index (Phi) is 5.43. The summed E-state index contributed by atoms with van der Waals surface area (Å²) in [5.41, 5.74) is 0.429. The van der Waals surface area contributed by atoms with Gasteiger partial charge in [0, 0.05) is 17.1 Å². The SMILES string of the molecule is CC(CO)C(C)NC(=O)c1cccc(Br)c1Cl. The Morgan fingerprint density at radius 3 is 2.76 bits per heavy atom. The molecule has 0 spiro atoms. The monoisotopic (exact) mass is 319 g/mol. The number of benzene rings is 1. The summed E-state index contributed by atoms with van der Waals surface area (Å²) in [4.78, 5) is 12.0. The lowest BCUT2D eigenvalue weighted by molar-refractivity contribution is 0.0916. The minimum absolute atomic E-state index is 0.00452. The Labute approximate surface area is 114 Å². The number of aliphatic hydroxyl groups excluding tert-OH is 1. The van der Waals surface area contributed by atoms with Gasteiger partial charge in [-0.2, -0.15) is 0 Å². The first-order valence-electron chi connectivity index (χ1n) is 5.33. The zero-order valence-corrected chi connectivity index (χ0v) is 12.0. The first-order valence-corrected chi connectivity index (χ1v) is 6.50. The van der Waals surface area contributed by atoms with Crippen LogP contribution >= 0.6 is 27.5 Å². The van der Waals surface area contributed by atoms with Gasteiger partial charge in [0.25, 0.3) is 5.91 Å². The summed E-state index contributed by atoms with van der Waals surface area (Å²) in [7, 11) is 0. The van der Waals surface area contributed by atoms with E-state index in [1.54, 1.807) is 18.2 Å². The number of rotatable bonds is 4. The number of hydrogen-bond acceptors (Lipinski definition) is 2. The van der Waals surface area contributed by atoms with Crippen LogP contribution in [0.2, 0.25) is 5.02 Å². The van der Waals surface area contributed by atoms with Crippen LogP contribution in [0, 0.1) is 5.92 Å². The third kappa shape index (κ3) is 3.69. The molecule has 3 nitrogen and oxygen atoms in total. The molecule has 0 fully saturated rings. The number of carbonyl (C=O) groups is 1. The molecule has 1 aromatic rings. The number of carbonyl (C=O) groups excluding carboxylic acids is 1. The van der Waals surface area contributed by atoms with Crippen LogP contribution < -0.4 is 5.32 Å². The predicted octanol–water partition coefficient (Wildman–Crippen LogP) is 2.85. The maximum Gasteiger partial charge on any atom is 0.253 e. The van der Waals surface area contributed by atoms with E-state index in [1.807, 2.05) is 13.8 Å². The number of halogens is 2. The maximum atomic E-state index is 12.0. The number of amides is 1. The highest BCUT2D eigenvalue weighted by atomic mass is 79.9. The molecule has 1 amide bonds. The van der Waals surface area contributed by atoms with E-state index >= 15 is 0 Å². The smallest absolute Gasteiger partial charge is 0.253 e. The molecule has 0 heterocycles. The number of nitrogens with one attached hydrogen (secondary N) is 1. The first kappa shape index (κ1) is 14.5. The largest absolute Gasteiger partial charge is 0.396 e. The second kappa shape index (κ2) is 6.38. The van der Waals surface area contributed by atoms with E-state index < -0.39 is 0 Å². The van der Waals surface area contributed by atoms with E-state index in [0.717, 1.165) is 0 Å². The maximum absolute atomic E-state index is 12.0. The molecule has 0 saturated carbocycles. The Bertz CT molecular complexity index is 411. The quantitative estimate of drug-likeness (QED) is 0.896. The Morgan fingerprint density at radius 1 is 1.53 bits per heavy atom. The van der Waals surface area contributed by atoms with Crippen molar-refractivity contribution in [2.45, 2.75) is 19.9 Å². The summed E-state index contributed by atoms with van der Waals surface area (Å²) in [5, 5.41) is 12.2. The van der Waals surface area contributed by atoms with Crippen LogP contribution in [-0.4, -0.2) is 23.7 Å². The lowest BCUT2D eigenvalue weighted by Crippen LogP contribution is -2.38. The zero-order chi connectivity index (χ0) is 13.0. The lowest BCUT2D eigenvalue weighted by atomic mass is 10.0. The van der Waals surface area contributed by atoms with E-state index in [4.69, 9.17) is 16.7 Å². The number of aliphatic hydroxyl groups is 1. The third-order valence-electron chi connectivity index (χ3n) is 2.70. The van der Waals surface area contributed by atoms with Crippen molar-refractivity contribution < 1.29 is 9.90 Å². The van der Waals surface area contributed by atoms with Gasteiger partial charge in [0.2, 0.25) is 0 Å². The van der Waals surface area contributed by atoms with Gasteiger partial charge >= 0.3 is 0 Å². The van der Waals surface area contributed by atoms with Crippen molar-refractivity contribution in [2.75, 3.05) is 6.61 Å². The highest BCUT2D eigenvalue weighted by Gasteiger charge is 2.17. The highest BCUT2D eigenvalue weighted by Crippen LogP contribution is 2.26. The molecule has 0 aliphatic carbocycles. The summed E-state index contributed by atoms with van der Waals surface area (Å²) in [6.07, 6.45) is 0. The molecule has 2 atom stereocenters. The topological polar surface area (TPSA) is 49.3 Å². The average Bonchev–Trinajstić information content (AvgIpc) is 2.31. The van der Waals surface area contributed by atoms with Gasteiger partial charge in [-0.25, -0.2) is 0 Å². The summed E-state index contributed by atoms with van der Waals surface area (Å²) in [6.45, 7) is 3.76. The molecule has 5 heteroatoms. The predicted molar refractivity (Wildman–Crippen MR) is 72.3 cm³/mol. The van der Waals surface area contributed by atoms with Crippen LogP contribution in [-0.2, 0) is 0 Å². The minimum atomic E-state index is -0.232. The van der Waals surface area contributed by atoms with Gasteiger partial charge in [-0.05, 0) is 40.9 Å². The summed E-state index contributed by atoms with van der Waals surface area (Å²) in [6, 6.07) is 5.09. The fraction of sp³-hybridized carbons (Fsp3) is 0.417. The standard InChI is InChI=1S/C12H15BrClNO2/c1-7(6-16)8(2)15-12(17)9-4-3-5-10(13)11(9)14/h3-5,7-8,16H,6H2,1-2H3,(H,15,17). The minimum Gasteiger partial charge on any atom is -0.396 e. The van der Waals surface area contributed by atoms with Crippen molar-refractivity contribution in [3.63, 3.8) is 0 Å². The van der Waals surface area contributed by atoms with Gasteiger partial charge in [-0.3, -0.25) is 4.79 Å². The van der Waals surface area contributed by atoms with Crippen molar-refractivity contribution in [2.24, 2.45) is 5.92 Å². The molecule has 1 rings (SSSR count). The van der Waals surface area contributed by atoms with Gasteiger partial charge in [0.1, 0.15) is 0 Å². The van der Waals surface area contributed by atoms with Crippen molar-refractivity contribution in [1.29, 1.82) is 0 Å². The van der Waals surface area contributed by atoms with Crippen LogP contribution in [0.4, 0.5) is 0 Å². The van der Waals surface area contributed by atoms with Crippen LogP contribution in [0.5, 0.6) is 0 Å². The zero-order valence-electron chi connectivity index (χ0n) is 9.71. The molecule has 0 aliphatic heterocycles. The molecule has 17 heavy (non-hydrogen) atoms. The lowest BCUT2D eigenvalue weighted by Gasteiger charge is -2.19. The van der Waals surface area contributed by atoms with Gasteiger partial charge in [-0.1, -0.05) is 24.6 Å². The van der Waals surface area contributed by atoms with Gasteiger partial charge in [0.15, 0.2) is 0 Å². The summed E-state index contributed by atoms with van der Waals surface area (Å²) < 4.78 is 0.690. The van der Waals surface area contributed by atoms with E-state index in [1.165, 1.54) is 0 Å².